The van der Waals surface area contributed by atoms with Crippen LogP contribution in [0.3, 0.4) is 0 Å². The minimum atomic E-state index is -0.694. The molecule has 172 valence electrons. The van der Waals surface area contributed by atoms with Crippen molar-refractivity contribution < 1.29 is 23.9 Å². The van der Waals surface area contributed by atoms with E-state index in [1.807, 2.05) is 13.8 Å². The van der Waals surface area contributed by atoms with Crippen molar-refractivity contribution in [1.82, 2.24) is 5.32 Å². The molecule has 2 rings (SSSR count). The summed E-state index contributed by atoms with van der Waals surface area (Å²) < 4.78 is 11.1. The van der Waals surface area contributed by atoms with Crippen LogP contribution >= 0.6 is 0 Å². The minimum absolute atomic E-state index is 0.0175. The lowest BCUT2D eigenvalue weighted by Gasteiger charge is -2.37. The quantitative estimate of drug-likeness (QED) is 0.621. The molecule has 1 N–H and O–H groups in total. The van der Waals surface area contributed by atoms with E-state index in [1.165, 1.54) is 6.42 Å². The van der Waals surface area contributed by atoms with Crippen LogP contribution in [0.1, 0.15) is 104 Å². The van der Waals surface area contributed by atoms with Gasteiger partial charge in [0.2, 0.25) is 0 Å². The van der Waals surface area contributed by atoms with Gasteiger partial charge in [0.05, 0.1) is 12.5 Å². The number of rotatable bonds is 3. The monoisotopic (exact) mass is 423 g/mol. The van der Waals surface area contributed by atoms with Crippen LogP contribution in [0.5, 0.6) is 0 Å². The van der Waals surface area contributed by atoms with E-state index in [9.17, 15) is 14.4 Å². The molecule has 0 spiro atoms. The Labute approximate surface area is 181 Å². The van der Waals surface area contributed by atoms with E-state index < -0.39 is 12.2 Å². The van der Waals surface area contributed by atoms with Crippen molar-refractivity contribution in [3.05, 3.63) is 0 Å². The number of ketones is 1. The predicted molar refractivity (Wildman–Crippen MR) is 116 cm³/mol. The van der Waals surface area contributed by atoms with Gasteiger partial charge in [0, 0.05) is 11.5 Å². The zero-order chi connectivity index (χ0) is 22.0. The van der Waals surface area contributed by atoms with Gasteiger partial charge in [0.1, 0.15) is 0 Å². The third-order valence-electron chi connectivity index (χ3n) is 6.94. The number of amides is 1. The minimum Gasteiger partial charge on any atom is -0.465 e. The second-order valence-corrected chi connectivity index (χ2v) is 9.37. The van der Waals surface area contributed by atoms with Crippen LogP contribution in [-0.4, -0.2) is 36.1 Å². The average molecular weight is 424 g/mol. The number of alkyl carbamates (subject to hydrolysis) is 1. The van der Waals surface area contributed by atoms with Crippen LogP contribution in [0.15, 0.2) is 0 Å². The van der Waals surface area contributed by atoms with Gasteiger partial charge >= 0.3 is 12.1 Å². The summed E-state index contributed by atoms with van der Waals surface area (Å²) in [5.41, 5.74) is -0.189. The SMILES string of the molecule is CCC1(NC(=O)OC2CCCCCC(C)C(=O)OCCCC(C)C2=O)CCCCC1. The fraction of sp³-hybridized carbons (Fsp3) is 0.875. The van der Waals surface area contributed by atoms with E-state index in [-0.39, 0.29) is 29.1 Å². The fourth-order valence-electron chi connectivity index (χ4n) is 4.67. The van der Waals surface area contributed by atoms with Gasteiger partial charge in [-0.05, 0) is 51.4 Å². The molecule has 6 heteroatoms. The van der Waals surface area contributed by atoms with E-state index in [1.54, 1.807) is 0 Å². The van der Waals surface area contributed by atoms with E-state index in [0.717, 1.165) is 57.8 Å². The molecule has 0 radical (unpaired) electrons. The number of carbonyl (C=O) groups is 3. The number of hydrogen-bond acceptors (Lipinski definition) is 5. The number of carbonyl (C=O) groups excluding carboxylic acids is 3. The lowest BCUT2D eigenvalue weighted by atomic mass is 9.80. The van der Waals surface area contributed by atoms with Crippen molar-refractivity contribution >= 4 is 17.8 Å². The molecule has 0 aromatic heterocycles. The van der Waals surface area contributed by atoms with Crippen LogP contribution in [0.4, 0.5) is 4.79 Å². The lowest BCUT2D eigenvalue weighted by molar-refractivity contribution is -0.148. The number of Topliss-reactive ketones (excluding diaryl/α,β-unsaturated/α-hetero) is 1. The van der Waals surface area contributed by atoms with Crippen molar-refractivity contribution in [2.24, 2.45) is 11.8 Å². The maximum absolute atomic E-state index is 13.0. The maximum atomic E-state index is 13.0. The van der Waals surface area contributed by atoms with Gasteiger partial charge in [-0.3, -0.25) is 9.59 Å². The summed E-state index contributed by atoms with van der Waals surface area (Å²) in [6.45, 7) is 6.23. The highest BCUT2D eigenvalue weighted by molar-refractivity contribution is 5.87. The summed E-state index contributed by atoms with van der Waals surface area (Å²) in [6, 6.07) is 0. The number of hydrogen-bond donors (Lipinski definition) is 1. The van der Waals surface area contributed by atoms with Crippen LogP contribution in [0.2, 0.25) is 0 Å². The predicted octanol–water partition coefficient (Wildman–Crippen LogP) is 5.32. The average Bonchev–Trinajstić information content (AvgIpc) is 2.74. The lowest BCUT2D eigenvalue weighted by Crippen LogP contribution is -2.50. The summed E-state index contributed by atoms with van der Waals surface area (Å²) >= 11 is 0. The molecular weight excluding hydrogens is 382 g/mol. The highest BCUT2D eigenvalue weighted by atomic mass is 16.6. The zero-order valence-corrected chi connectivity index (χ0v) is 19.2. The number of ether oxygens (including phenoxy) is 2. The molecule has 6 nitrogen and oxygen atoms in total. The van der Waals surface area contributed by atoms with E-state index in [0.29, 0.717) is 25.9 Å². The van der Waals surface area contributed by atoms with Crippen LogP contribution in [-0.2, 0) is 19.1 Å². The molecule has 1 aliphatic carbocycles. The summed E-state index contributed by atoms with van der Waals surface area (Å²) in [6.07, 6.45) is 10.4. The third-order valence-corrected chi connectivity index (χ3v) is 6.94. The second-order valence-electron chi connectivity index (χ2n) is 9.37. The molecule has 2 aliphatic rings. The number of cyclic esters (lactones) is 1. The molecule has 3 atom stereocenters. The third kappa shape index (κ3) is 7.59. The van der Waals surface area contributed by atoms with Gasteiger partial charge in [-0.1, -0.05) is 52.9 Å². The normalized spacial score (nSPS) is 29.4. The highest BCUT2D eigenvalue weighted by Crippen LogP contribution is 2.31. The molecule has 30 heavy (non-hydrogen) atoms. The van der Waals surface area contributed by atoms with Crippen molar-refractivity contribution in [1.29, 1.82) is 0 Å². The molecular formula is C24H41NO5. The summed E-state index contributed by atoms with van der Waals surface area (Å²) in [4.78, 5) is 37.7. The summed E-state index contributed by atoms with van der Waals surface area (Å²) in [7, 11) is 0. The Hall–Kier alpha value is -1.59. The Balaban J connectivity index is 1.97. The van der Waals surface area contributed by atoms with Gasteiger partial charge in [0.15, 0.2) is 11.9 Å². The van der Waals surface area contributed by atoms with Gasteiger partial charge < -0.3 is 14.8 Å². The van der Waals surface area contributed by atoms with Crippen molar-refractivity contribution in [2.75, 3.05) is 6.61 Å². The first-order chi connectivity index (χ1) is 14.4. The molecule has 0 aromatic rings. The maximum Gasteiger partial charge on any atom is 0.408 e. The van der Waals surface area contributed by atoms with Gasteiger partial charge in [-0.2, -0.15) is 0 Å². The topological polar surface area (TPSA) is 81.7 Å². The van der Waals surface area contributed by atoms with Crippen molar-refractivity contribution in [3.8, 4) is 0 Å². The smallest absolute Gasteiger partial charge is 0.408 e. The molecule has 1 amide bonds. The molecule has 2 fully saturated rings. The standard InChI is InChI=1S/C24H41NO5/c1-4-24(15-9-6-10-16-24)25-23(28)30-20-14-8-5-7-12-19(3)22(27)29-17-11-13-18(2)21(20)26/h18-20H,4-17H2,1-3H3,(H,25,28). The van der Waals surface area contributed by atoms with Gasteiger partial charge in [-0.25, -0.2) is 4.79 Å². The summed E-state index contributed by atoms with van der Waals surface area (Å²) in [5.74, 6) is -0.477. The van der Waals surface area contributed by atoms with Crippen LogP contribution in [0, 0.1) is 11.8 Å². The Morgan fingerprint density at radius 3 is 2.30 bits per heavy atom. The Morgan fingerprint density at radius 1 is 0.967 bits per heavy atom. The largest absolute Gasteiger partial charge is 0.465 e. The van der Waals surface area contributed by atoms with Crippen LogP contribution < -0.4 is 5.32 Å². The first-order valence-electron chi connectivity index (χ1n) is 12.1. The molecule has 1 saturated carbocycles. The Kier molecular flexibility index (Phi) is 10.1. The molecule has 1 aliphatic heterocycles. The van der Waals surface area contributed by atoms with Crippen molar-refractivity contribution in [3.63, 3.8) is 0 Å². The van der Waals surface area contributed by atoms with E-state index in [2.05, 4.69) is 12.2 Å². The first kappa shape index (κ1) is 24.7. The fourth-order valence-corrected chi connectivity index (χ4v) is 4.67. The van der Waals surface area contributed by atoms with Crippen molar-refractivity contribution in [2.45, 2.75) is 116 Å². The highest BCUT2D eigenvalue weighted by Gasteiger charge is 2.34. The van der Waals surface area contributed by atoms with Crippen LogP contribution in [0.25, 0.3) is 0 Å². The molecule has 3 unspecified atom stereocenters. The molecule has 1 heterocycles. The van der Waals surface area contributed by atoms with Gasteiger partial charge in [0.25, 0.3) is 0 Å². The second kappa shape index (κ2) is 12.3. The van der Waals surface area contributed by atoms with Gasteiger partial charge in [-0.15, -0.1) is 0 Å². The number of esters is 1. The molecule has 1 saturated heterocycles. The summed E-state index contributed by atoms with van der Waals surface area (Å²) in [5, 5.41) is 3.11. The Bertz CT molecular complexity index is 570. The Morgan fingerprint density at radius 2 is 1.60 bits per heavy atom. The van der Waals surface area contributed by atoms with E-state index in [4.69, 9.17) is 9.47 Å². The molecule has 0 bridgehead atoms. The zero-order valence-electron chi connectivity index (χ0n) is 19.2. The molecule has 0 aromatic carbocycles. The number of nitrogens with one attached hydrogen (secondary N) is 1. The first-order valence-corrected chi connectivity index (χ1v) is 12.1. The van der Waals surface area contributed by atoms with E-state index >= 15 is 0 Å².